The van der Waals surface area contributed by atoms with E-state index >= 15 is 13.2 Å². The Labute approximate surface area is 260 Å². The fourth-order valence-electron chi connectivity index (χ4n) is 5.46. The first-order valence-corrected chi connectivity index (χ1v) is 12.5. The van der Waals surface area contributed by atoms with E-state index in [1.165, 1.54) is 30.3 Å². The van der Waals surface area contributed by atoms with Gasteiger partial charge in [-0.25, -0.2) is 22.5 Å². The molecule has 2 aliphatic carbocycles. The minimum absolute atomic E-state index is 0.406. The monoisotopic (exact) mass is 621 g/mol. The SMILES string of the molecule is N#CC(C#N)=C1C(c2cc(F)c(C#N)cc2F)=C(C#N)c2c(F)c3c(c(F)c21)C(=C(C#N)C#N)C(c1ccc(F)nc1C#N)=C3C#N. The first-order chi connectivity index (χ1) is 22.6. The highest BCUT2D eigenvalue weighted by Gasteiger charge is 2.45. The van der Waals surface area contributed by atoms with Gasteiger partial charge in [-0.3, -0.25) is 0 Å². The molecule has 47 heavy (non-hydrogen) atoms. The average molecular weight is 621 g/mol. The van der Waals surface area contributed by atoms with Gasteiger partial charge in [0.2, 0.25) is 5.95 Å². The number of hydrogen-bond acceptors (Lipinski definition) is 9. The van der Waals surface area contributed by atoms with Crippen molar-refractivity contribution in [1.29, 1.82) is 42.1 Å². The van der Waals surface area contributed by atoms with Crippen LogP contribution in [-0.2, 0) is 0 Å². The van der Waals surface area contributed by atoms with E-state index in [4.69, 9.17) is 5.26 Å². The maximum atomic E-state index is 17.1. The highest BCUT2D eigenvalue weighted by Crippen LogP contribution is 2.57. The zero-order valence-corrected chi connectivity index (χ0v) is 22.7. The van der Waals surface area contributed by atoms with Crippen molar-refractivity contribution in [2.75, 3.05) is 0 Å². The standard InChI is InChI=1S/C33H4F5N9/c34-20-4-17(21(35)3-13(20)5-39)27-19(11-45)29-31(25(27)15(8-42)9-43)33(38)30-24(14(6-40)7-41)26(18(10-44)28(30)32(29)37)16-1-2-23(36)47-22(16)12-46/h1-4H. The number of halogens is 5. The van der Waals surface area contributed by atoms with Crippen LogP contribution < -0.4 is 0 Å². The van der Waals surface area contributed by atoms with E-state index in [9.17, 15) is 45.6 Å². The lowest BCUT2D eigenvalue weighted by molar-refractivity contribution is 0.582. The fourth-order valence-corrected chi connectivity index (χ4v) is 5.46. The lowest BCUT2D eigenvalue weighted by Gasteiger charge is -2.15. The molecule has 0 saturated carbocycles. The van der Waals surface area contributed by atoms with E-state index in [0.29, 0.717) is 12.1 Å². The Morgan fingerprint density at radius 2 is 1.02 bits per heavy atom. The molecule has 0 fully saturated rings. The largest absolute Gasteiger partial charge is 0.214 e. The number of fused-ring (bicyclic) bond motifs is 2. The molecule has 1 aromatic heterocycles. The second-order valence-electron chi connectivity index (χ2n) is 9.36. The van der Waals surface area contributed by atoms with Crippen molar-refractivity contribution in [3.8, 4) is 48.6 Å². The molecule has 0 bridgehead atoms. The van der Waals surface area contributed by atoms with Crippen LogP contribution in [0.2, 0.25) is 0 Å². The Morgan fingerprint density at radius 1 is 0.532 bits per heavy atom. The predicted octanol–water partition coefficient (Wildman–Crippen LogP) is 6.02. The summed E-state index contributed by atoms with van der Waals surface area (Å²) in [6, 6.07) is 14.5. The zero-order valence-electron chi connectivity index (χ0n) is 22.7. The average Bonchev–Trinajstić information content (AvgIpc) is 3.60. The van der Waals surface area contributed by atoms with Crippen molar-refractivity contribution in [3.05, 3.63) is 109 Å². The first-order valence-electron chi connectivity index (χ1n) is 12.5. The summed E-state index contributed by atoms with van der Waals surface area (Å²) in [6.45, 7) is 0. The number of allylic oxidation sites excluding steroid dienone is 8. The highest BCUT2D eigenvalue weighted by atomic mass is 19.1. The molecule has 2 aliphatic rings. The maximum absolute atomic E-state index is 17.1. The van der Waals surface area contributed by atoms with Gasteiger partial charge in [0.15, 0.2) is 5.69 Å². The van der Waals surface area contributed by atoms with Crippen LogP contribution in [0, 0.1) is 120 Å². The number of hydrogen-bond donors (Lipinski definition) is 0. The molecule has 0 radical (unpaired) electrons. The second kappa shape index (κ2) is 11.3. The molecule has 3 aromatic rings. The van der Waals surface area contributed by atoms with Crippen LogP contribution in [0.15, 0.2) is 35.4 Å². The summed E-state index contributed by atoms with van der Waals surface area (Å²) in [7, 11) is 0. The smallest absolute Gasteiger partial charge is 0.208 e. The van der Waals surface area contributed by atoms with Crippen molar-refractivity contribution < 1.29 is 22.0 Å². The van der Waals surface area contributed by atoms with E-state index in [2.05, 4.69) is 4.98 Å². The highest BCUT2D eigenvalue weighted by molar-refractivity contribution is 6.30. The number of aromatic nitrogens is 1. The third kappa shape index (κ3) is 4.18. The number of nitriles is 8. The molecule has 216 valence electrons. The number of nitrogens with zero attached hydrogens (tertiary/aromatic N) is 9. The molecule has 1 heterocycles. The van der Waals surface area contributed by atoms with Crippen LogP contribution in [0.4, 0.5) is 22.0 Å². The molecule has 0 saturated heterocycles. The minimum Gasteiger partial charge on any atom is -0.208 e. The number of pyridine rings is 1. The van der Waals surface area contributed by atoms with Crippen LogP contribution >= 0.6 is 0 Å². The Kier molecular flexibility index (Phi) is 7.36. The lowest BCUT2D eigenvalue weighted by Crippen LogP contribution is -2.05. The van der Waals surface area contributed by atoms with Gasteiger partial charge in [-0.05, 0) is 24.3 Å². The minimum atomic E-state index is -1.60. The molecule has 0 atom stereocenters. The molecular weight excluding hydrogens is 617 g/mol. The zero-order chi connectivity index (χ0) is 34.3. The van der Waals surface area contributed by atoms with E-state index in [-0.39, 0.29) is 0 Å². The summed E-state index contributed by atoms with van der Waals surface area (Å²) in [5.74, 6) is -7.01. The molecule has 2 aromatic carbocycles. The van der Waals surface area contributed by atoms with Gasteiger partial charge in [-0.2, -0.15) is 46.5 Å². The lowest BCUT2D eigenvalue weighted by atomic mass is 9.88. The van der Waals surface area contributed by atoms with Gasteiger partial charge in [0.05, 0.1) is 16.7 Å². The van der Waals surface area contributed by atoms with Crippen LogP contribution in [-0.4, -0.2) is 4.98 Å². The van der Waals surface area contributed by atoms with Crippen LogP contribution in [0.25, 0.3) is 33.4 Å². The van der Waals surface area contributed by atoms with Crippen LogP contribution in [0.1, 0.15) is 44.6 Å². The predicted molar refractivity (Wildman–Crippen MR) is 147 cm³/mol. The summed E-state index contributed by atoms with van der Waals surface area (Å²) < 4.78 is 78.0. The van der Waals surface area contributed by atoms with Crippen LogP contribution in [0.3, 0.4) is 0 Å². The van der Waals surface area contributed by atoms with Gasteiger partial charge in [0.1, 0.15) is 83.0 Å². The Morgan fingerprint density at radius 3 is 1.47 bits per heavy atom. The van der Waals surface area contributed by atoms with Crippen molar-refractivity contribution in [2.45, 2.75) is 0 Å². The first kappa shape index (κ1) is 30.6. The van der Waals surface area contributed by atoms with E-state index < -0.39 is 118 Å². The van der Waals surface area contributed by atoms with Crippen molar-refractivity contribution >= 4 is 33.4 Å². The number of rotatable bonds is 2. The Hall–Kier alpha value is -7.88. The topological polar surface area (TPSA) is 203 Å². The summed E-state index contributed by atoms with van der Waals surface area (Å²) >= 11 is 0. The summed E-state index contributed by atoms with van der Waals surface area (Å²) in [4.78, 5) is 3.41. The molecule has 5 rings (SSSR count). The Balaban J connectivity index is 2.07. The Bertz CT molecular complexity index is 2520. The number of benzene rings is 2. The molecule has 0 aliphatic heterocycles. The maximum Gasteiger partial charge on any atom is 0.214 e. The molecule has 0 N–H and O–H groups in total. The van der Waals surface area contributed by atoms with Crippen molar-refractivity contribution in [1.82, 2.24) is 4.98 Å². The molecular formula is C33H4F5N9. The van der Waals surface area contributed by atoms with E-state index in [1.807, 2.05) is 0 Å². The summed E-state index contributed by atoms with van der Waals surface area (Å²) in [5.41, 5.74) is -13.2. The normalized spacial score (nSPS) is 12.4. The van der Waals surface area contributed by atoms with Gasteiger partial charge in [-0.1, -0.05) is 0 Å². The fraction of sp³-hybridized carbons (Fsp3) is 0. The molecule has 0 unspecified atom stereocenters. The summed E-state index contributed by atoms with van der Waals surface area (Å²) in [6.07, 6.45) is 0. The van der Waals surface area contributed by atoms with E-state index in [1.54, 1.807) is 18.2 Å². The third-order valence-corrected chi connectivity index (χ3v) is 7.23. The van der Waals surface area contributed by atoms with Gasteiger partial charge in [0, 0.05) is 55.7 Å². The third-order valence-electron chi connectivity index (χ3n) is 7.23. The molecule has 9 nitrogen and oxygen atoms in total. The van der Waals surface area contributed by atoms with Gasteiger partial charge in [0.25, 0.3) is 0 Å². The van der Waals surface area contributed by atoms with Gasteiger partial charge in [-0.15, -0.1) is 0 Å². The van der Waals surface area contributed by atoms with E-state index in [0.717, 1.165) is 12.1 Å². The van der Waals surface area contributed by atoms with Gasteiger partial charge < -0.3 is 0 Å². The second-order valence-corrected chi connectivity index (χ2v) is 9.36. The quantitative estimate of drug-likeness (QED) is 0.186. The van der Waals surface area contributed by atoms with Crippen molar-refractivity contribution in [2.24, 2.45) is 0 Å². The molecule has 0 spiro atoms. The summed E-state index contributed by atoms with van der Waals surface area (Å²) in [5, 5.41) is 78.3. The van der Waals surface area contributed by atoms with Crippen molar-refractivity contribution in [3.63, 3.8) is 0 Å². The van der Waals surface area contributed by atoms with Crippen LogP contribution in [0.5, 0.6) is 0 Å². The van der Waals surface area contributed by atoms with Gasteiger partial charge >= 0.3 is 0 Å². The molecule has 14 heteroatoms. The molecule has 0 amide bonds.